The predicted octanol–water partition coefficient (Wildman–Crippen LogP) is 3.47. The number of nitrogens with one attached hydrogen (secondary N) is 2. The summed E-state index contributed by atoms with van der Waals surface area (Å²) >= 11 is 0. The molecular formula is C23H32F2N6O5. The molecule has 4 rings (SSSR count). The van der Waals surface area contributed by atoms with Crippen LogP contribution in [0.15, 0.2) is 12.1 Å². The Bertz CT molecular complexity index is 1120. The maximum absolute atomic E-state index is 13.0. The molecule has 1 saturated carbocycles. The van der Waals surface area contributed by atoms with E-state index in [4.69, 9.17) is 9.47 Å². The van der Waals surface area contributed by atoms with E-state index in [0.29, 0.717) is 17.9 Å². The molecule has 2 aliphatic rings. The number of amides is 2. The third-order valence-electron chi connectivity index (χ3n) is 6.09. The van der Waals surface area contributed by atoms with Gasteiger partial charge in [-0.25, -0.2) is 9.48 Å². The molecule has 2 atom stereocenters. The van der Waals surface area contributed by atoms with Crippen LogP contribution in [0.1, 0.15) is 74.9 Å². The number of hydrogen-bond donors (Lipinski definition) is 2. The van der Waals surface area contributed by atoms with Gasteiger partial charge in [0.2, 0.25) is 0 Å². The Hall–Kier alpha value is -3.06. The SMILES string of the molecule is Cn1nc(COC(F)F)cc1C(=O)Nc1cc([C@H]2C[C@@H](OC(=O)NC3(C)CC3)CO2)nn1C(C)(C)C. The van der Waals surface area contributed by atoms with Crippen LogP contribution >= 0.6 is 0 Å². The highest BCUT2D eigenvalue weighted by atomic mass is 19.3. The van der Waals surface area contributed by atoms with Crippen LogP contribution in [0.25, 0.3) is 0 Å². The van der Waals surface area contributed by atoms with Crippen molar-refractivity contribution in [3.8, 4) is 0 Å². The lowest BCUT2D eigenvalue weighted by atomic mass is 10.1. The molecule has 0 aromatic carbocycles. The summed E-state index contributed by atoms with van der Waals surface area (Å²) in [6.45, 7) is 4.69. The number of nitrogens with zero attached hydrogens (tertiary/aromatic N) is 4. The predicted molar refractivity (Wildman–Crippen MR) is 124 cm³/mol. The van der Waals surface area contributed by atoms with Gasteiger partial charge in [0.25, 0.3) is 5.91 Å². The summed E-state index contributed by atoms with van der Waals surface area (Å²) in [6.07, 6.45) is 1.05. The highest BCUT2D eigenvalue weighted by Crippen LogP contribution is 2.36. The molecule has 11 nitrogen and oxygen atoms in total. The minimum atomic E-state index is -2.93. The van der Waals surface area contributed by atoms with E-state index in [2.05, 4.69) is 25.6 Å². The Balaban J connectivity index is 1.44. The Kier molecular flexibility index (Phi) is 7.06. The van der Waals surface area contributed by atoms with E-state index in [9.17, 15) is 18.4 Å². The van der Waals surface area contributed by atoms with E-state index in [1.54, 1.807) is 17.8 Å². The summed E-state index contributed by atoms with van der Waals surface area (Å²) in [5.41, 5.74) is 0.332. The molecule has 1 aliphatic heterocycles. The van der Waals surface area contributed by atoms with Gasteiger partial charge in [0.05, 0.1) is 30.1 Å². The van der Waals surface area contributed by atoms with Crippen LogP contribution in [-0.2, 0) is 33.4 Å². The molecule has 2 aromatic rings. The van der Waals surface area contributed by atoms with Crippen molar-refractivity contribution >= 4 is 17.8 Å². The summed E-state index contributed by atoms with van der Waals surface area (Å²) in [6, 6.07) is 3.12. The second-order valence-electron chi connectivity index (χ2n) is 10.5. The van der Waals surface area contributed by atoms with Gasteiger partial charge < -0.3 is 24.8 Å². The summed E-state index contributed by atoms with van der Waals surface area (Å²) in [7, 11) is 1.54. The zero-order valence-corrected chi connectivity index (χ0v) is 21.0. The largest absolute Gasteiger partial charge is 0.444 e. The number of carbonyl (C=O) groups excluding carboxylic acids is 2. The topological polar surface area (TPSA) is 122 Å². The van der Waals surface area contributed by atoms with Crippen LogP contribution in [0.5, 0.6) is 0 Å². The number of alkyl halides is 2. The van der Waals surface area contributed by atoms with Gasteiger partial charge in [0, 0.05) is 25.1 Å². The first-order valence-electron chi connectivity index (χ1n) is 11.8. The van der Waals surface area contributed by atoms with Crippen molar-refractivity contribution in [3.63, 3.8) is 0 Å². The Morgan fingerprint density at radius 2 is 2.00 bits per heavy atom. The first kappa shape index (κ1) is 26.0. The lowest BCUT2D eigenvalue weighted by molar-refractivity contribution is -0.138. The number of aryl methyl sites for hydroxylation is 1. The van der Waals surface area contributed by atoms with Gasteiger partial charge in [-0.15, -0.1) is 0 Å². The molecule has 1 aliphatic carbocycles. The molecule has 0 bridgehead atoms. The first-order chi connectivity index (χ1) is 16.8. The third-order valence-corrected chi connectivity index (χ3v) is 6.09. The quantitative estimate of drug-likeness (QED) is 0.558. The lowest BCUT2D eigenvalue weighted by Crippen LogP contribution is -2.37. The minimum Gasteiger partial charge on any atom is -0.444 e. The fourth-order valence-corrected chi connectivity index (χ4v) is 3.92. The number of aromatic nitrogens is 4. The van der Waals surface area contributed by atoms with Gasteiger partial charge in [-0.1, -0.05) is 0 Å². The van der Waals surface area contributed by atoms with Crippen molar-refractivity contribution in [3.05, 3.63) is 29.2 Å². The van der Waals surface area contributed by atoms with Gasteiger partial charge in [0.15, 0.2) is 0 Å². The van der Waals surface area contributed by atoms with E-state index in [-0.39, 0.29) is 23.5 Å². The van der Waals surface area contributed by atoms with E-state index in [1.165, 1.54) is 10.7 Å². The monoisotopic (exact) mass is 510 g/mol. The van der Waals surface area contributed by atoms with Gasteiger partial charge in [-0.3, -0.25) is 9.48 Å². The maximum atomic E-state index is 13.0. The molecule has 2 N–H and O–H groups in total. The number of halogens is 2. The van der Waals surface area contributed by atoms with Gasteiger partial charge >= 0.3 is 12.7 Å². The fourth-order valence-electron chi connectivity index (χ4n) is 3.92. The molecule has 2 amide bonds. The third kappa shape index (κ3) is 6.19. The molecule has 1 saturated heterocycles. The van der Waals surface area contributed by atoms with Gasteiger partial charge in [-0.2, -0.15) is 19.0 Å². The maximum Gasteiger partial charge on any atom is 0.407 e. The molecule has 2 aromatic heterocycles. The van der Waals surface area contributed by atoms with Crippen molar-refractivity contribution in [2.24, 2.45) is 7.05 Å². The van der Waals surface area contributed by atoms with Crippen molar-refractivity contribution in [2.45, 2.75) is 83.5 Å². The van der Waals surface area contributed by atoms with Crippen LogP contribution < -0.4 is 10.6 Å². The Morgan fingerprint density at radius 3 is 2.64 bits per heavy atom. The molecular weight excluding hydrogens is 478 g/mol. The molecule has 0 unspecified atom stereocenters. The molecule has 3 heterocycles. The van der Waals surface area contributed by atoms with Gasteiger partial charge in [0.1, 0.15) is 23.7 Å². The van der Waals surface area contributed by atoms with Crippen molar-refractivity contribution in [2.75, 3.05) is 11.9 Å². The Labute approximate surface area is 207 Å². The zero-order valence-electron chi connectivity index (χ0n) is 21.0. The van der Waals surface area contributed by atoms with E-state index in [1.807, 2.05) is 27.7 Å². The van der Waals surface area contributed by atoms with Crippen LogP contribution in [0.2, 0.25) is 0 Å². The number of ether oxygens (including phenoxy) is 3. The first-order valence-corrected chi connectivity index (χ1v) is 11.8. The van der Waals surface area contributed by atoms with E-state index >= 15 is 0 Å². The molecule has 2 fully saturated rings. The number of alkyl carbamates (subject to hydrolysis) is 1. The van der Waals surface area contributed by atoms with Crippen LogP contribution in [0.3, 0.4) is 0 Å². The number of rotatable bonds is 8. The second kappa shape index (κ2) is 9.77. The minimum absolute atomic E-state index is 0.168. The van der Waals surface area contributed by atoms with Crippen LogP contribution in [-0.4, -0.2) is 56.4 Å². The van der Waals surface area contributed by atoms with E-state index in [0.717, 1.165) is 12.8 Å². The highest BCUT2D eigenvalue weighted by Gasteiger charge is 2.40. The summed E-state index contributed by atoms with van der Waals surface area (Å²) < 4.78 is 43.3. The molecule has 198 valence electrons. The van der Waals surface area contributed by atoms with Crippen LogP contribution in [0.4, 0.5) is 19.4 Å². The second-order valence-corrected chi connectivity index (χ2v) is 10.5. The smallest absolute Gasteiger partial charge is 0.407 e. The molecule has 13 heteroatoms. The lowest BCUT2D eigenvalue weighted by Gasteiger charge is -2.22. The number of carbonyl (C=O) groups is 2. The Morgan fingerprint density at radius 1 is 1.28 bits per heavy atom. The number of hydrogen-bond acceptors (Lipinski definition) is 7. The van der Waals surface area contributed by atoms with Crippen molar-refractivity contribution < 1.29 is 32.6 Å². The number of anilines is 1. The fraction of sp³-hybridized carbons (Fsp3) is 0.652. The average Bonchev–Trinajstić information content (AvgIpc) is 3.15. The van der Waals surface area contributed by atoms with Crippen molar-refractivity contribution in [1.82, 2.24) is 24.9 Å². The summed E-state index contributed by atoms with van der Waals surface area (Å²) in [5.74, 6) is -0.0505. The molecule has 36 heavy (non-hydrogen) atoms. The summed E-state index contributed by atoms with van der Waals surface area (Å²) in [5, 5.41) is 14.4. The average molecular weight is 511 g/mol. The van der Waals surface area contributed by atoms with Crippen molar-refractivity contribution in [1.29, 1.82) is 0 Å². The normalized spacial score (nSPS) is 21.0. The highest BCUT2D eigenvalue weighted by molar-refractivity contribution is 6.02. The molecule has 0 spiro atoms. The summed E-state index contributed by atoms with van der Waals surface area (Å²) in [4.78, 5) is 25.1. The standard InChI is InChI=1S/C23H32F2N6O5/c1-22(2,3)31-18(26-19(32)16-8-13(28-30(16)5)11-35-20(24)25)10-15(29-31)17-9-14(12-34-17)36-21(33)27-23(4)6-7-23/h8,10,14,17,20H,6-7,9,11-12H2,1-5H3,(H,26,32)(H,27,33)/t14-,17-/m1/s1. The molecule has 0 radical (unpaired) electrons. The zero-order chi connectivity index (χ0) is 26.3. The van der Waals surface area contributed by atoms with Crippen LogP contribution in [0, 0.1) is 0 Å². The van der Waals surface area contributed by atoms with Gasteiger partial charge in [-0.05, 0) is 46.6 Å². The van der Waals surface area contributed by atoms with E-state index < -0.39 is 43.0 Å².